The van der Waals surface area contributed by atoms with Crippen molar-refractivity contribution < 1.29 is 52.9 Å². The van der Waals surface area contributed by atoms with Gasteiger partial charge in [-0.1, -0.05) is 56.4 Å². The first-order valence-electron chi connectivity index (χ1n) is 19.6. The van der Waals surface area contributed by atoms with Gasteiger partial charge < -0.3 is 30.4 Å². The number of esters is 1. The number of aliphatic hydroxyl groups excluding tert-OH is 1. The molecule has 1 saturated heterocycles. The molecular weight excluding hydrogens is 765 g/mol. The minimum atomic E-state index is -1.37. The summed E-state index contributed by atoms with van der Waals surface area (Å²) in [6, 6.07) is -0.281. The number of nitrogens with one attached hydrogen (secondary N) is 3. The number of benzene rings is 1. The van der Waals surface area contributed by atoms with E-state index < -0.39 is 83.3 Å². The van der Waals surface area contributed by atoms with Crippen LogP contribution in [0.4, 0.5) is 4.39 Å². The van der Waals surface area contributed by atoms with Crippen LogP contribution in [0.15, 0.2) is 78.0 Å². The van der Waals surface area contributed by atoms with E-state index in [9.17, 15) is 43.4 Å². The van der Waals surface area contributed by atoms with Crippen molar-refractivity contribution in [3.05, 3.63) is 89.3 Å². The molecule has 2 heterocycles. The van der Waals surface area contributed by atoms with Crippen LogP contribution in [0.25, 0.3) is 0 Å². The molecule has 322 valence electrons. The van der Waals surface area contributed by atoms with Gasteiger partial charge in [0.05, 0.1) is 19.1 Å². The number of halogens is 1. The number of fused-ring (bicyclic) bond motifs is 2. The third-order valence-electron chi connectivity index (χ3n) is 9.99. The number of carbonyl (C=O) groups is 6. The zero-order valence-electron chi connectivity index (χ0n) is 34.8. The highest BCUT2D eigenvalue weighted by atomic mass is 19.1. The second-order valence-electron chi connectivity index (χ2n) is 15.1. The number of likely N-dealkylation sites (N-methyl/N-ethyl adjacent to an activating group) is 1. The van der Waals surface area contributed by atoms with Crippen molar-refractivity contribution in [2.45, 2.75) is 103 Å². The molecule has 6 atom stereocenters. The number of rotatable bonds is 10. The number of carbonyl (C=O) groups excluding carboxylic acids is 6. The Morgan fingerprint density at radius 1 is 1.08 bits per heavy atom. The summed E-state index contributed by atoms with van der Waals surface area (Å²) in [5.74, 6) is -6.16. The SMILES string of the molecule is CON(C)C(=O)/C=C/C=C(\C)[C@@H]1C/C=C/C=C/C=C(\C)C(O)C(CCC(C)=O)C(=O)NC(C(C)C)C(=O)NC(Cc2cc(O)cc(F)c2)C(=O)N2CCCC(N2)C(=O)O1. The molecule has 5 N–H and O–H groups in total. The van der Waals surface area contributed by atoms with Crippen LogP contribution in [0.1, 0.15) is 72.3 Å². The number of nitrogens with zero attached hydrogens (tertiary/aromatic N) is 2. The highest BCUT2D eigenvalue weighted by Crippen LogP contribution is 2.22. The van der Waals surface area contributed by atoms with E-state index in [2.05, 4.69) is 16.1 Å². The predicted molar refractivity (Wildman–Crippen MR) is 217 cm³/mol. The average Bonchev–Trinajstić information content (AvgIpc) is 3.18. The van der Waals surface area contributed by atoms with Gasteiger partial charge in [-0.3, -0.25) is 33.8 Å². The maximum absolute atomic E-state index is 14.4. The topological polar surface area (TPSA) is 204 Å². The normalized spacial score (nSPS) is 26.4. The van der Waals surface area contributed by atoms with E-state index in [1.54, 1.807) is 64.2 Å². The van der Waals surface area contributed by atoms with Crippen LogP contribution in [0.3, 0.4) is 0 Å². The smallest absolute Gasteiger partial charge is 0.325 e. The van der Waals surface area contributed by atoms with Crippen LogP contribution in [0.5, 0.6) is 5.75 Å². The molecule has 0 saturated carbocycles. The number of ether oxygens (including phenoxy) is 1. The summed E-state index contributed by atoms with van der Waals surface area (Å²) in [6.45, 7) is 8.25. The average molecular weight is 824 g/mol. The van der Waals surface area contributed by atoms with Crippen molar-refractivity contribution in [1.82, 2.24) is 26.1 Å². The molecule has 2 aliphatic rings. The van der Waals surface area contributed by atoms with Crippen LogP contribution < -0.4 is 16.1 Å². The zero-order valence-corrected chi connectivity index (χ0v) is 34.8. The number of aromatic hydroxyl groups is 1. The van der Waals surface area contributed by atoms with Gasteiger partial charge in [-0.05, 0) is 74.8 Å². The first-order chi connectivity index (χ1) is 27.9. The molecule has 1 fully saturated rings. The summed E-state index contributed by atoms with van der Waals surface area (Å²) in [5, 5.41) is 29.2. The molecule has 1 aromatic rings. The van der Waals surface area contributed by atoms with E-state index >= 15 is 0 Å². The Bertz CT molecular complexity index is 1820. The Balaban J connectivity index is 2.09. The minimum Gasteiger partial charge on any atom is -0.508 e. The second kappa shape index (κ2) is 23.2. The molecule has 0 aliphatic carbocycles. The molecule has 0 radical (unpaired) electrons. The minimum absolute atomic E-state index is 0.00363. The number of phenolic OH excluding ortho intramolecular Hbond substituents is 1. The lowest BCUT2D eigenvalue weighted by molar-refractivity contribution is -0.162. The summed E-state index contributed by atoms with van der Waals surface area (Å²) < 4.78 is 20.4. The quantitative estimate of drug-likeness (QED) is 0.100. The van der Waals surface area contributed by atoms with E-state index in [1.807, 2.05) is 0 Å². The van der Waals surface area contributed by atoms with Crippen LogP contribution >= 0.6 is 0 Å². The molecule has 0 aromatic heterocycles. The van der Waals surface area contributed by atoms with E-state index in [0.717, 1.165) is 17.2 Å². The summed E-state index contributed by atoms with van der Waals surface area (Å²) in [6.07, 6.45) is 11.4. The fourth-order valence-corrected chi connectivity index (χ4v) is 6.44. The van der Waals surface area contributed by atoms with Crippen LogP contribution in [0, 0.1) is 17.7 Å². The maximum Gasteiger partial charge on any atom is 0.325 e. The summed E-state index contributed by atoms with van der Waals surface area (Å²) in [5.41, 5.74) is 4.13. The number of phenols is 1. The summed E-state index contributed by atoms with van der Waals surface area (Å²) >= 11 is 0. The van der Waals surface area contributed by atoms with Crippen molar-refractivity contribution in [2.24, 2.45) is 11.8 Å². The number of allylic oxidation sites excluding steroid dienone is 6. The van der Waals surface area contributed by atoms with Crippen molar-refractivity contribution in [3.63, 3.8) is 0 Å². The van der Waals surface area contributed by atoms with Gasteiger partial charge in [-0.2, -0.15) is 0 Å². The first-order valence-corrected chi connectivity index (χ1v) is 19.6. The highest BCUT2D eigenvalue weighted by Gasteiger charge is 2.37. The van der Waals surface area contributed by atoms with Gasteiger partial charge in [0.2, 0.25) is 11.8 Å². The Kier molecular flexibility index (Phi) is 18.9. The Labute approximate surface area is 345 Å². The van der Waals surface area contributed by atoms with Crippen molar-refractivity contribution in [3.8, 4) is 5.75 Å². The van der Waals surface area contributed by atoms with Gasteiger partial charge in [-0.15, -0.1) is 0 Å². The third-order valence-corrected chi connectivity index (χ3v) is 9.99. The fourth-order valence-electron chi connectivity index (χ4n) is 6.44. The zero-order chi connectivity index (χ0) is 43.8. The number of hydrogen-bond acceptors (Lipinski definition) is 11. The number of hydroxylamine groups is 2. The Morgan fingerprint density at radius 2 is 1.81 bits per heavy atom. The van der Waals surface area contributed by atoms with Gasteiger partial charge in [-0.25, -0.2) is 14.9 Å². The molecule has 4 amide bonds. The van der Waals surface area contributed by atoms with Gasteiger partial charge in [0.25, 0.3) is 11.8 Å². The van der Waals surface area contributed by atoms with Crippen molar-refractivity contribution in [1.29, 1.82) is 0 Å². The van der Waals surface area contributed by atoms with Crippen LogP contribution in [0.2, 0.25) is 0 Å². The van der Waals surface area contributed by atoms with E-state index in [4.69, 9.17) is 9.57 Å². The van der Waals surface area contributed by atoms with Gasteiger partial charge in [0.1, 0.15) is 41.6 Å². The number of Topliss-reactive ketones (excluding diaryl/α,β-unsaturated/α-hetero) is 1. The number of hydrogen-bond donors (Lipinski definition) is 5. The number of amides is 4. The van der Waals surface area contributed by atoms with Gasteiger partial charge >= 0.3 is 5.97 Å². The Morgan fingerprint density at radius 3 is 2.47 bits per heavy atom. The van der Waals surface area contributed by atoms with Crippen molar-refractivity contribution in [2.75, 3.05) is 20.7 Å². The molecule has 0 spiro atoms. The molecular formula is C43H58FN5O10. The van der Waals surface area contributed by atoms with E-state index in [1.165, 1.54) is 44.3 Å². The number of cyclic esters (lactones) is 1. The molecule has 3 rings (SSSR count). The largest absolute Gasteiger partial charge is 0.508 e. The molecule has 1 aromatic carbocycles. The molecule has 2 aliphatic heterocycles. The van der Waals surface area contributed by atoms with Crippen molar-refractivity contribution >= 4 is 35.4 Å². The first kappa shape index (κ1) is 47.9. The molecule has 15 nitrogen and oxygen atoms in total. The van der Waals surface area contributed by atoms with Gasteiger partial charge in [0.15, 0.2) is 0 Å². The lowest BCUT2D eigenvalue weighted by atomic mass is 9.89. The van der Waals surface area contributed by atoms with E-state index in [0.29, 0.717) is 24.0 Å². The standard InChI is InChI=1S/C43H58FN5O10/c1-26(2)38-41(55)45-35(24-30-22-31(44)25-32(51)23-30)42(56)49-21-13-16-34(47-49)43(57)59-36(27(3)15-12-18-37(52)48(6)58-7)17-11-9-8-10-14-28(4)39(53)33(40(54)46-38)20-19-29(5)50/h8-12,14-15,18,22-23,25-26,33-36,38-39,47,51,53H,13,16-17,19-21,24H2,1-7H3,(H,45,55)(H,46,54)/b10-8+,11-9+,18-12+,27-15+,28-14+/t33?,34?,35?,36-,38?,39?/m0/s1. The van der Waals surface area contributed by atoms with Crippen LogP contribution in [-0.2, 0) is 44.8 Å². The molecule has 59 heavy (non-hydrogen) atoms. The maximum atomic E-state index is 14.4. The monoisotopic (exact) mass is 823 g/mol. The predicted octanol–water partition coefficient (Wildman–Crippen LogP) is 3.44. The summed E-state index contributed by atoms with van der Waals surface area (Å²) in [4.78, 5) is 85.0. The lowest BCUT2D eigenvalue weighted by Gasteiger charge is -2.36. The number of hydrazine groups is 1. The highest BCUT2D eigenvalue weighted by molar-refractivity contribution is 5.93. The second-order valence-corrected chi connectivity index (χ2v) is 15.1. The van der Waals surface area contributed by atoms with Crippen LogP contribution in [-0.4, -0.2) is 107 Å². The third kappa shape index (κ3) is 15.0. The lowest BCUT2D eigenvalue weighted by Crippen LogP contribution is -2.62. The molecule has 2 bridgehead atoms. The number of aliphatic hydroxyl groups is 1. The molecule has 5 unspecified atom stereocenters. The van der Waals surface area contributed by atoms with E-state index in [-0.39, 0.29) is 43.6 Å². The Hall–Kier alpha value is -5.45. The summed E-state index contributed by atoms with van der Waals surface area (Å²) in [7, 11) is 2.81. The number of ketones is 1. The fraction of sp³-hybridized carbons (Fsp3) is 0.488. The molecule has 16 heteroatoms. The van der Waals surface area contributed by atoms with Gasteiger partial charge in [0, 0.05) is 45.0 Å².